The lowest BCUT2D eigenvalue weighted by molar-refractivity contribution is 0.715. The summed E-state index contributed by atoms with van der Waals surface area (Å²) in [5, 5.41) is 1.32. The first kappa shape index (κ1) is 12.7. The molecule has 0 aliphatic carbocycles. The molecule has 0 radical (unpaired) electrons. The summed E-state index contributed by atoms with van der Waals surface area (Å²) in [6, 6.07) is 6.36. The molecule has 0 saturated carbocycles. The normalized spacial score (nSPS) is 11.2. The van der Waals surface area contributed by atoms with Crippen molar-refractivity contribution in [3.05, 3.63) is 33.9 Å². The number of hydrogen-bond donors (Lipinski definition) is 2. The van der Waals surface area contributed by atoms with E-state index < -0.39 is 0 Å². The summed E-state index contributed by atoms with van der Waals surface area (Å²) in [6.45, 7) is 2.82. The van der Waals surface area contributed by atoms with Crippen molar-refractivity contribution in [1.82, 2.24) is 4.98 Å². The van der Waals surface area contributed by atoms with Crippen LogP contribution in [0, 0.1) is 0 Å². The number of aryl methyl sites for hydroxylation is 1. The van der Waals surface area contributed by atoms with Crippen LogP contribution in [0.15, 0.2) is 22.7 Å². The molecule has 0 atom stereocenters. The number of halogens is 1. The first-order valence-corrected chi connectivity index (χ1v) is 7.04. The van der Waals surface area contributed by atoms with Gasteiger partial charge < -0.3 is 10.7 Å². The SMILES string of the molecule is CCCCCc1c(CN)[nH]c2ccc(Br)cc12. The molecule has 0 saturated heterocycles. The molecule has 2 rings (SSSR count). The van der Waals surface area contributed by atoms with Crippen LogP contribution in [0.3, 0.4) is 0 Å². The molecule has 17 heavy (non-hydrogen) atoms. The summed E-state index contributed by atoms with van der Waals surface area (Å²) in [4.78, 5) is 3.42. The molecule has 3 heteroatoms. The minimum Gasteiger partial charge on any atom is -0.357 e. The zero-order valence-electron chi connectivity index (χ0n) is 10.2. The number of unbranched alkanes of at least 4 members (excludes halogenated alkanes) is 2. The molecule has 0 unspecified atom stereocenters. The van der Waals surface area contributed by atoms with Crippen molar-refractivity contribution in [1.29, 1.82) is 0 Å². The van der Waals surface area contributed by atoms with Gasteiger partial charge in [0.1, 0.15) is 0 Å². The van der Waals surface area contributed by atoms with Crippen molar-refractivity contribution in [3.8, 4) is 0 Å². The molecular weight excluding hydrogens is 276 g/mol. The maximum atomic E-state index is 5.81. The molecule has 1 aromatic heterocycles. The van der Waals surface area contributed by atoms with Gasteiger partial charge >= 0.3 is 0 Å². The molecule has 1 heterocycles. The van der Waals surface area contributed by atoms with E-state index in [1.807, 2.05) is 0 Å². The van der Waals surface area contributed by atoms with Crippen molar-refractivity contribution in [2.24, 2.45) is 5.73 Å². The van der Waals surface area contributed by atoms with Crippen molar-refractivity contribution < 1.29 is 0 Å². The summed E-state index contributed by atoms with van der Waals surface area (Å²) in [7, 11) is 0. The molecule has 0 fully saturated rings. The van der Waals surface area contributed by atoms with E-state index in [4.69, 9.17) is 5.73 Å². The maximum absolute atomic E-state index is 5.81. The molecule has 2 aromatic rings. The third-order valence-corrected chi connectivity index (χ3v) is 3.68. The van der Waals surface area contributed by atoms with E-state index in [-0.39, 0.29) is 0 Å². The minimum atomic E-state index is 0.591. The molecule has 92 valence electrons. The van der Waals surface area contributed by atoms with Crippen LogP contribution in [-0.4, -0.2) is 4.98 Å². The molecule has 2 nitrogen and oxygen atoms in total. The van der Waals surface area contributed by atoms with Gasteiger partial charge in [-0.1, -0.05) is 35.7 Å². The van der Waals surface area contributed by atoms with E-state index in [9.17, 15) is 0 Å². The van der Waals surface area contributed by atoms with Gasteiger partial charge in [0.05, 0.1) is 0 Å². The molecule has 0 spiro atoms. The summed E-state index contributed by atoms with van der Waals surface area (Å²) in [6.07, 6.45) is 4.90. The van der Waals surface area contributed by atoms with Gasteiger partial charge in [0.2, 0.25) is 0 Å². The van der Waals surface area contributed by atoms with Crippen molar-refractivity contribution in [2.75, 3.05) is 0 Å². The largest absolute Gasteiger partial charge is 0.357 e. The van der Waals surface area contributed by atoms with Crippen LogP contribution < -0.4 is 5.73 Å². The predicted molar refractivity (Wildman–Crippen MR) is 77.1 cm³/mol. The van der Waals surface area contributed by atoms with Gasteiger partial charge in [-0.05, 0) is 36.6 Å². The number of rotatable bonds is 5. The Bertz CT molecular complexity index is 502. The highest BCUT2D eigenvalue weighted by atomic mass is 79.9. The summed E-state index contributed by atoms with van der Waals surface area (Å²) < 4.78 is 1.13. The molecular formula is C14H19BrN2. The van der Waals surface area contributed by atoms with Crippen LogP contribution in [0.5, 0.6) is 0 Å². The molecule has 1 aromatic carbocycles. The summed E-state index contributed by atoms with van der Waals surface area (Å²) in [5.41, 5.74) is 9.60. The highest BCUT2D eigenvalue weighted by Crippen LogP contribution is 2.27. The first-order valence-electron chi connectivity index (χ1n) is 6.25. The van der Waals surface area contributed by atoms with E-state index in [1.165, 1.54) is 41.4 Å². The van der Waals surface area contributed by atoms with E-state index in [0.29, 0.717) is 6.54 Å². The Balaban J connectivity index is 2.38. The lowest BCUT2D eigenvalue weighted by Gasteiger charge is -2.02. The maximum Gasteiger partial charge on any atom is 0.0460 e. The smallest absolute Gasteiger partial charge is 0.0460 e. The topological polar surface area (TPSA) is 41.8 Å². The van der Waals surface area contributed by atoms with Gasteiger partial charge in [-0.3, -0.25) is 0 Å². The average Bonchev–Trinajstić information content (AvgIpc) is 2.67. The summed E-state index contributed by atoms with van der Waals surface area (Å²) in [5.74, 6) is 0. The van der Waals surface area contributed by atoms with Gasteiger partial charge in [-0.2, -0.15) is 0 Å². The fraction of sp³-hybridized carbons (Fsp3) is 0.429. The fourth-order valence-electron chi connectivity index (χ4n) is 2.29. The Morgan fingerprint density at radius 2 is 2.12 bits per heavy atom. The third kappa shape index (κ3) is 2.72. The second kappa shape index (κ2) is 5.69. The number of fused-ring (bicyclic) bond motifs is 1. The van der Waals surface area contributed by atoms with Crippen LogP contribution in [0.25, 0.3) is 10.9 Å². The van der Waals surface area contributed by atoms with Crippen LogP contribution >= 0.6 is 15.9 Å². The van der Waals surface area contributed by atoms with E-state index in [2.05, 4.69) is 46.0 Å². The van der Waals surface area contributed by atoms with Crippen LogP contribution in [-0.2, 0) is 13.0 Å². The van der Waals surface area contributed by atoms with E-state index >= 15 is 0 Å². The van der Waals surface area contributed by atoms with Crippen molar-refractivity contribution in [2.45, 2.75) is 39.2 Å². The van der Waals surface area contributed by atoms with Gasteiger partial charge in [0.25, 0.3) is 0 Å². The number of hydrogen-bond acceptors (Lipinski definition) is 1. The second-order valence-corrected chi connectivity index (χ2v) is 5.35. The number of nitrogens with two attached hydrogens (primary N) is 1. The highest BCUT2D eigenvalue weighted by molar-refractivity contribution is 9.10. The zero-order chi connectivity index (χ0) is 12.3. The van der Waals surface area contributed by atoms with Gasteiger partial charge in [-0.15, -0.1) is 0 Å². The third-order valence-electron chi connectivity index (χ3n) is 3.19. The van der Waals surface area contributed by atoms with E-state index in [1.54, 1.807) is 0 Å². The standard InChI is InChI=1S/C14H19BrN2/c1-2-3-4-5-11-12-8-10(15)6-7-13(12)17-14(11)9-16/h6-8,17H,2-5,9,16H2,1H3. The molecule has 0 amide bonds. The lowest BCUT2D eigenvalue weighted by Crippen LogP contribution is -2.00. The Hall–Kier alpha value is -0.800. The first-order chi connectivity index (χ1) is 8.26. The van der Waals surface area contributed by atoms with Crippen LogP contribution in [0.4, 0.5) is 0 Å². The minimum absolute atomic E-state index is 0.591. The molecule has 0 aliphatic heterocycles. The average molecular weight is 295 g/mol. The number of aromatic nitrogens is 1. The number of aromatic amines is 1. The fourth-order valence-corrected chi connectivity index (χ4v) is 2.65. The quantitative estimate of drug-likeness (QED) is 0.800. The number of benzene rings is 1. The Kier molecular flexibility index (Phi) is 4.24. The Labute approximate surface area is 111 Å². The summed E-state index contributed by atoms with van der Waals surface area (Å²) >= 11 is 3.53. The van der Waals surface area contributed by atoms with Gasteiger partial charge in [-0.25, -0.2) is 0 Å². The van der Waals surface area contributed by atoms with Crippen molar-refractivity contribution in [3.63, 3.8) is 0 Å². The zero-order valence-corrected chi connectivity index (χ0v) is 11.8. The molecule has 0 bridgehead atoms. The van der Waals surface area contributed by atoms with Crippen LogP contribution in [0.1, 0.15) is 37.4 Å². The Morgan fingerprint density at radius 3 is 2.82 bits per heavy atom. The molecule has 0 aliphatic rings. The van der Waals surface area contributed by atoms with Crippen LogP contribution in [0.2, 0.25) is 0 Å². The van der Waals surface area contributed by atoms with E-state index in [0.717, 1.165) is 10.9 Å². The monoisotopic (exact) mass is 294 g/mol. The number of H-pyrrole nitrogens is 1. The second-order valence-electron chi connectivity index (χ2n) is 4.43. The lowest BCUT2D eigenvalue weighted by atomic mass is 10.0. The molecule has 3 N–H and O–H groups in total. The number of nitrogens with one attached hydrogen (secondary N) is 1. The highest BCUT2D eigenvalue weighted by Gasteiger charge is 2.10. The predicted octanol–water partition coefficient (Wildman–Crippen LogP) is 4.12. The Morgan fingerprint density at radius 1 is 1.29 bits per heavy atom. The van der Waals surface area contributed by atoms with Gasteiger partial charge in [0, 0.05) is 27.6 Å². The van der Waals surface area contributed by atoms with Gasteiger partial charge in [0.15, 0.2) is 0 Å². The van der Waals surface area contributed by atoms with Crippen molar-refractivity contribution >= 4 is 26.8 Å².